The Hall–Kier alpha value is -2.71. The molecule has 1 N–H and O–H groups in total. The van der Waals surface area contributed by atoms with E-state index in [2.05, 4.69) is 10.1 Å². The van der Waals surface area contributed by atoms with E-state index in [-0.39, 0.29) is 17.6 Å². The number of carbonyl (C=O) groups excluding carboxylic acids is 2. The number of esters is 1. The number of amides is 1. The molecule has 30 heavy (non-hydrogen) atoms. The van der Waals surface area contributed by atoms with Crippen LogP contribution in [0.1, 0.15) is 34.3 Å². The van der Waals surface area contributed by atoms with Gasteiger partial charge in [0.25, 0.3) is 0 Å². The number of nitrogens with zero attached hydrogens (tertiary/aromatic N) is 1. The zero-order valence-electron chi connectivity index (χ0n) is 17.1. The predicted molar refractivity (Wildman–Crippen MR) is 115 cm³/mol. The lowest BCUT2D eigenvalue weighted by Crippen LogP contribution is -2.41. The van der Waals surface area contributed by atoms with E-state index in [0.717, 1.165) is 11.1 Å². The Labute approximate surface area is 177 Å². The van der Waals surface area contributed by atoms with Crippen LogP contribution in [0.2, 0.25) is 0 Å². The normalized spacial score (nSPS) is 15.5. The van der Waals surface area contributed by atoms with Crippen LogP contribution in [0.3, 0.4) is 0 Å². The highest BCUT2D eigenvalue weighted by atomic mass is 32.2. The lowest BCUT2D eigenvalue weighted by atomic mass is 9.97. The summed E-state index contributed by atoms with van der Waals surface area (Å²) in [5.41, 5.74) is 2.74. The van der Waals surface area contributed by atoms with Crippen LogP contribution < -0.4 is 5.32 Å². The maximum absolute atomic E-state index is 12.8. The molecule has 8 heteroatoms. The van der Waals surface area contributed by atoms with E-state index in [1.54, 1.807) is 24.3 Å². The van der Waals surface area contributed by atoms with Gasteiger partial charge in [-0.15, -0.1) is 0 Å². The number of hydrogen-bond donors (Lipinski definition) is 1. The summed E-state index contributed by atoms with van der Waals surface area (Å²) < 4.78 is 31.7. The molecule has 2 aromatic carbocycles. The second kappa shape index (κ2) is 9.40. The number of ether oxygens (including phenoxy) is 1. The largest absolute Gasteiger partial charge is 0.465 e. The molecule has 0 aromatic heterocycles. The summed E-state index contributed by atoms with van der Waals surface area (Å²) in [5, 5.41) is 2.84. The lowest BCUT2D eigenvalue weighted by Gasteiger charge is -2.30. The third-order valence-corrected chi connectivity index (χ3v) is 7.22. The van der Waals surface area contributed by atoms with E-state index in [1.165, 1.54) is 11.4 Å². The number of rotatable bonds is 6. The van der Waals surface area contributed by atoms with Crippen molar-refractivity contribution in [3.63, 3.8) is 0 Å². The zero-order chi connectivity index (χ0) is 21.7. The first kappa shape index (κ1) is 22.0. The molecule has 160 valence electrons. The van der Waals surface area contributed by atoms with E-state index >= 15 is 0 Å². The summed E-state index contributed by atoms with van der Waals surface area (Å²) in [6.45, 7) is 2.56. The number of benzene rings is 2. The smallest absolute Gasteiger partial charge is 0.337 e. The van der Waals surface area contributed by atoms with E-state index in [4.69, 9.17) is 0 Å². The average molecular weight is 431 g/mol. The summed E-state index contributed by atoms with van der Waals surface area (Å²) >= 11 is 0. The molecule has 1 saturated heterocycles. The molecule has 0 unspecified atom stereocenters. The standard InChI is InChI=1S/C22H26N2O5S/c1-16-5-3-4-6-19(16)15-30(27,28)24-13-11-17(12-14-24)21(25)23-20-9-7-18(8-10-20)22(26)29-2/h3-10,17H,11-15H2,1-2H3,(H,23,25). The maximum atomic E-state index is 12.8. The van der Waals surface area contributed by atoms with Crippen LogP contribution in [0.4, 0.5) is 5.69 Å². The quantitative estimate of drug-likeness (QED) is 0.712. The van der Waals surface area contributed by atoms with E-state index in [9.17, 15) is 18.0 Å². The molecule has 0 spiro atoms. The molecular weight excluding hydrogens is 404 g/mol. The predicted octanol–water partition coefficient (Wildman–Crippen LogP) is 2.96. The van der Waals surface area contributed by atoms with Crippen molar-refractivity contribution in [1.82, 2.24) is 4.31 Å². The second-order valence-corrected chi connectivity index (χ2v) is 9.38. The minimum Gasteiger partial charge on any atom is -0.465 e. The first-order chi connectivity index (χ1) is 14.3. The Bertz CT molecular complexity index is 1010. The van der Waals surface area contributed by atoms with Crippen molar-refractivity contribution in [3.8, 4) is 0 Å². The number of nitrogens with one attached hydrogen (secondary N) is 1. The minimum absolute atomic E-state index is 0.0247. The van der Waals surface area contributed by atoms with Gasteiger partial charge in [-0.3, -0.25) is 4.79 Å². The van der Waals surface area contributed by atoms with E-state index < -0.39 is 16.0 Å². The first-order valence-electron chi connectivity index (χ1n) is 9.82. The summed E-state index contributed by atoms with van der Waals surface area (Å²) in [4.78, 5) is 24.0. The number of piperidine rings is 1. The van der Waals surface area contributed by atoms with Gasteiger partial charge in [0.1, 0.15) is 0 Å². The van der Waals surface area contributed by atoms with Gasteiger partial charge in [0.15, 0.2) is 0 Å². The molecule has 0 atom stereocenters. The molecular formula is C22H26N2O5S. The molecule has 3 rings (SSSR count). The fourth-order valence-corrected chi connectivity index (χ4v) is 5.17. The highest BCUT2D eigenvalue weighted by Gasteiger charge is 2.31. The fourth-order valence-electron chi connectivity index (χ4n) is 3.51. The lowest BCUT2D eigenvalue weighted by molar-refractivity contribution is -0.120. The molecule has 7 nitrogen and oxygen atoms in total. The number of sulfonamides is 1. The Morgan fingerprint density at radius 1 is 1.07 bits per heavy atom. The van der Waals surface area contributed by atoms with Crippen LogP contribution in [-0.2, 0) is 25.3 Å². The molecule has 1 heterocycles. The van der Waals surface area contributed by atoms with Crippen LogP contribution in [-0.4, -0.2) is 44.8 Å². The summed E-state index contributed by atoms with van der Waals surface area (Å²) in [6, 6.07) is 13.9. The number of hydrogen-bond acceptors (Lipinski definition) is 5. The van der Waals surface area contributed by atoms with Crippen molar-refractivity contribution >= 4 is 27.6 Å². The Kier molecular flexibility index (Phi) is 6.89. The third-order valence-electron chi connectivity index (χ3n) is 5.39. The fraction of sp³-hybridized carbons (Fsp3) is 0.364. The molecule has 0 aliphatic carbocycles. The van der Waals surface area contributed by atoms with Gasteiger partial charge in [0, 0.05) is 24.7 Å². The van der Waals surface area contributed by atoms with Crippen LogP contribution in [0, 0.1) is 12.8 Å². The Morgan fingerprint density at radius 3 is 2.30 bits per heavy atom. The van der Waals surface area contributed by atoms with Gasteiger partial charge in [-0.25, -0.2) is 17.5 Å². The van der Waals surface area contributed by atoms with Crippen molar-refractivity contribution in [2.45, 2.75) is 25.5 Å². The molecule has 2 aromatic rings. The minimum atomic E-state index is -3.42. The SMILES string of the molecule is COC(=O)c1ccc(NC(=O)C2CCN(S(=O)(=O)Cc3ccccc3C)CC2)cc1. The van der Waals surface area contributed by atoms with E-state index in [0.29, 0.717) is 37.2 Å². The Balaban J connectivity index is 1.55. The highest BCUT2D eigenvalue weighted by molar-refractivity contribution is 7.88. The molecule has 0 saturated carbocycles. The molecule has 1 fully saturated rings. The molecule has 1 amide bonds. The number of aryl methyl sites for hydroxylation is 1. The Morgan fingerprint density at radius 2 is 1.70 bits per heavy atom. The topological polar surface area (TPSA) is 92.8 Å². The van der Waals surface area contributed by atoms with Gasteiger partial charge in [-0.2, -0.15) is 0 Å². The molecule has 1 aliphatic rings. The maximum Gasteiger partial charge on any atom is 0.337 e. The van der Waals surface area contributed by atoms with Crippen LogP contribution >= 0.6 is 0 Å². The van der Waals surface area contributed by atoms with Gasteiger partial charge in [-0.1, -0.05) is 24.3 Å². The van der Waals surface area contributed by atoms with Crippen molar-refractivity contribution in [2.24, 2.45) is 5.92 Å². The van der Waals surface area contributed by atoms with Crippen LogP contribution in [0.5, 0.6) is 0 Å². The monoisotopic (exact) mass is 430 g/mol. The third kappa shape index (κ3) is 5.25. The summed E-state index contributed by atoms with van der Waals surface area (Å²) in [5.74, 6) is -0.859. The molecule has 1 aliphatic heterocycles. The van der Waals surface area contributed by atoms with Crippen molar-refractivity contribution in [2.75, 3.05) is 25.5 Å². The van der Waals surface area contributed by atoms with Gasteiger partial charge < -0.3 is 10.1 Å². The van der Waals surface area contributed by atoms with Crippen LogP contribution in [0.15, 0.2) is 48.5 Å². The average Bonchev–Trinajstić information content (AvgIpc) is 2.75. The molecule has 0 bridgehead atoms. The second-order valence-electron chi connectivity index (χ2n) is 7.41. The van der Waals surface area contributed by atoms with E-state index in [1.807, 2.05) is 31.2 Å². The number of carbonyl (C=O) groups is 2. The van der Waals surface area contributed by atoms with Crippen molar-refractivity contribution in [1.29, 1.82) is 0 Å². The highest BCUT2D eigenvalue weighted by Crippen LogP contribution is 2.24. The summed E-state index contributed by atoms with van der Waals surface area (Å²) in [6.07, 6.45) is 0.943. The van der Waals surface area contributed by atoms with Crippen molar-refractivity contribution in [3.05, 3.63) is 65.2 Å². The van der Waals surface area contributed by atoms with Gasteiger partial charge in [-0.05, 0) is 55.2 Å². The molecule has 0 radical (unpaired) electrons. The van der Waals surface area contributed by atoms with Gasteiger partial charge in [0.05, 0.1) is 18.4 Å². The van der Waals surface area contributed by atoms with Crippen molar-refractivity contribution < 1.29 is 22.7 Å². The first-order valence-corrected chi connectivity index (χ1v) is 11.4. The summed E-state index contributed by atoms with van der Waals surface area (Å²) in [7, 11) is -2.11. The van der Waals surface area contributed by atoms with Gasteiger partial charge >= 0.3 is 5.97 Å². The van der Waals surface area contributed by atoms with Gasteiger partial charge in [0.2, 0.25) is 15.9 Å². The number of anilines is 1. The zero-order valence-corrected chi connectivity index (χ0v) is 17.9. The number of methoxy groups -OCH3 is 1. The van der Waals surface area contributed by atoms with Crippen LogP contribution in [0.25, 0.3) is 0 Å².